The summed E-state index contributed by atoms with van der Waals surface area (Å²) in [6, 6.07) is 27.9. The molecule has 5 aliphatic rings. The van der Waals surface area contributed by atoms with E-state index < -0.39 is 21.3 Å². The van der Waals surface area contributed by atoms with Crippen LogP contribution in [0.5, 0.6) is 0 Å². The van der Waals surface area contributed by atoms with Crippen LogP contribution in [0.1, 0.15) is 90.5 Å². The SMILES string of the molecule is CC12C(=C3Cc4ccccc4C3=C3C=CCCC31)[C](C)([Zr+2](=[C](c1cccc(Br)c1)c1cccc(Br)c1)[CH]1C=CC=C1)C(C)(C)C(C)(C)C2(C)C.[Cl-].[Cl-]. The Morgan fingerprint density at radius 1 is 0.712 bits per heavy atom. The molecule has 3 aromatic carbocycles. The fourth-order valence-electron chi connectivity index (χ4n) is 11.5. The van der Waals surface area contributed by atoms with E-state index in [0.717, 1.165) is 21.8 Å². The summed E-state index contributed by atoms with van der Waals surface area (Å²) in [6.07, 6.45) is 18.3. The monoisotopic (exact) mass is 932 g/mol. The molecule has 0 radical (unpaired) electrons. The number of hydrogen-bond acceptors (Lipinski definition) is 0. The molecular weight excluding hydrogens is 886 g/mol. The zero-order chi connectivity index (χ0) is 35.4. The van der Waals surface area contributed by atoms with Crippen molar-refractivity contribution in [3.63, 3.8) is 0 Å². The molecule has 3 aromatic rings. The van der Waals surface area contributed by atoms with E-state index in [0.29, 0.717) is 9.54 Å². The van der Waals surface area contributed by atoms with Crippen molar-refractivity contribution in [1.29, 1.82) is 0 Å². The molecule has 270 valence electrons. The maximum Gasteiger partial charge on any atom is -1.00 e. The molecule has 1 saturated carbocycles. The van der Waals surface area contributed by atoms with Crippen molar-refractivity contribution in [3.05, 3.63) is 157 Å². The standard InChI is InChI=1S/C29H37.C13H8Br2.C5H5.2ClH.Zr/c1-18-25-22-17-19-13-9-10-14-20(19)24(22)21-15-11-12-16-23(21)29(25,8)28(6,7)27(4,5)26(18,2)3;14-12-5-1-3-10(8-12)7-11-4-2-6-13(15)9-11;1-2-4-5-3-1;;;/h9-11,13-15,23H,12,16-17H2,1-8H3;1-6,8-9H;1-5H;2*1H;/q;;;;;+2/p-2. The van der Waals surface area contributed by atoms with E-state index >= 15 is 0 Å². The minimum atomic E-state index is -3.03. The average molecular weight is 937 g/mol. The van der Waals surface area contributed by atoms with Crippen molar-refractivity contribution in [3.8, 4) is 0 Å². The Morgan fingerprint density at radius 3 is 1.90 bits per heavy atom. The molecule has 5 heteroatoms. The Labute approximate surface area is 349 Å². The Balaban J connectivity index is 0.00000232. The molecule has 0 amide bonds. The number of benzene rings is 3. The fraction of sp³-hybridized carbons (Fsp3) is 0.383. The van der Waals surface area contributed by atoms with Crippen LogP contribution in [0.25, 0.3) is 5.57 Å². The predicted molar refractivity (Wildman–Crippen MR) is 217 cm³/mol. The first-order chi connectivity index (χ1) is 23.7. The topological polar surface area (TPSA) is 0 Å². The van der Waals surface area contributed by atoms with Gasteiger partial charge in [0.1, 0.15) is 0 Å². The zero-order valence-electron chi connectivity index (χ0n) is 31.7. The normalized spacial score (nSPS) is 27.1. The van der Waals surface area contributed by atoms with Gasteiger partial charge in [0, 0.05) is 0 Å². The Hall–Kier alpha value is -1.35. The summed E-state index contributed by atoms with van der Waals surface area (Å²) >= 11 is 4.81. The smallest absolute Gasteiger partial charge is 1.00 e. The minimum Gasteiger partial charge on any atom is -1.00 e. The van der Waals surface area contributed by atoms with E-state index in [-0.39, 0.29) is 49.6 Å². The molecule has 0 N–H and O–H groups in total. The largest absolute Gasteiger partial charge is 1.00 e. The third kappa shape index (κ3) is 5.35. The third-order valence-corrected chi connectivity index (χ3v) is 26.5. The Kier molecular flexibility index (Phi) is 10.8. The second-order valence-corrected chi connectivity index (χ2v) is 26.5. The summed E-state index contributed by atoms with van der Waals surface area (Å²) < 4.78 is 4.33. The minimum absolute atomic E-state index is 0. The van der Waals surface area contributed by atoms with Gasteiger partial charge in [0.25, 0.3) is 0 Å². The van der Waals surface area contributed by atoms with E-state index in [4.69, 9.17) is 0 Å². The van der Waals surface area contributed by atoms with Gasteiger partial charge in [-0.05, 0) is 0 Å². The summed E-state index contributed by atoms with van der Waals surface area (Å²) in [7, 11) is 0. The Bertz CT molecular complexity index is 2080. The molecule has 0 nitrogen and oxygen atoms in total. The van der Waals surface area contributed by atoms with E-state index in [9.17, 15) is 0 Å². The van der Waals surface area contributed by atoms with Crippen LogP contribution in [-0.2, 0) is 27.7 Å². The molecule has 0 saturated heterocycles. The van der Waals surface area contributed by atoms with Gasteiger partial charge in [0.15, 0.2) is 0 Å². The average Bonchev–Trinajstić information content (AvgIpc) is 3.75. The van der Waals surface area contributed by atoms with Crippen LogP contribution in [0.3, 0.4) is 0 Å². The second-order valence-electron chi connectivity index (χ2n) is 17.4. The van der Waals surface area contributed by atoms with Gasteiger partial charge in [-0.2, -0.15) is 0 Å². The van der Waals surface area contributed by atoms with E-state index in [1.165, 1.54) is 28.7 Å². The summed E-state index contributed by atoms with van der Waals surface area (Å²) in [5.41, 5.74) is 12.5. The first-order valence-electron chi connectivity index (χ1n) is 18.5. The van der Waals surface area contributed by atoms with Crippen molar-refractivity contribution in [1.82, 2.24) is 0 Å². The first kappa shape index (κ1) is 40.3. The summed E-state index contributed by atoms with van der Waals surface area (Å²) in [5.74, 6) is 0.483. The van der Waals surface area contributed by atoms with Crippen molar-refractivity contribution in [2.45, 2.75) is 81.4 Å². The van der Waals surface area contributed by atoms with Crippen molar-refractivity contribution in [2.75, 3.05) is 0 Å². The molecule has 0 bridgehead atoms. The number of fused-ring (bicyclic) bond motifs is 6. The van der Waals surface area contributed by atoms with Gasteiger partial charge in [-0.3, -0.25) is 0 Å². The Morgan fingerprint density at radius 2 is 1.31 bits per heavy atom. The van der Waals surface area contributed by atoms with E-state index in [1.807, 2.05) is 5.57 Å². The van der Waals surface area contributed by atoms with Gasteiger partial charge >= 0.3 is 328 Å². The molecule has 0 spiro atoms. The molecule has 0 aliphatic heterocycles. The molecule has 52 heavy (non-hydrogen) atoms. The van der Waals surface area contributed by atoms with Crippen molar-refractivity contribution >= 4 is 40.6 Å². The first-order valence-corrected chi connectivity index (χ1v) is 24.0. The van der Waals surface area contributed by atoms with Gasteiger partial charge in [0.05, 0.1) is 0 Å². The van der Waals surface area contributed by atoms with E-state index in [2.05, 4.69) is 197 Å². The van der Waals surface area contributed by atoms with Crippen LogP contribution in [-0.4, -0.2) is 3.21 Å². The summed E-state index contributed by atoms with van der Waals surface area (Å²) in [4.78, 5) is 0. The van der Waals surface area contributed by atoms with Gasteiger partial charge in [-0.25, -0.2) is 0 Å². The number of rotatable bonds is 4. The molecule has 8 rings (SSSR count). The van der Waals surface area contributed by atoms with Gasteiger partial charge in [0.2, 0.25) is 0 Å². The van der Waals surface area contributed by atoms with Gasteiger partial charge in [-0.1, -0.05) is 0 Å². The summed E-state index contributed by atoms with van der Waals surface area (Å²) in [6.45, 7) is 21.5. The molecule has 0 aromatic heterocycles. The molecule has 3 atom stereocenters. The predicted octanol–water partition coefficient (Wildman–Crippen LogP) is 7.88. The van der Waals surface area contributed by atoms with Crippen LogP contribution in [0.2, 0.25) is 6.75 Å². The van der Waals surface area contributed by atoms with Crippen LogP contribution in [0.4, 0.5) is 0 Å². The van der Waals surface area contributed by atoms with Gasteiger partial charge < -0.3 is 24.8 Å². The van der Waals surface area contributed by atoms with E-state index in [1.54, 1.807) is 19.9 Å². The second kappa shape index (κ2) is 14.0. The van der Waals surface area contributed by atoms with Crippen LogP contribution in [0.15, 0.2) is 135 Å². The van der Waals surface area contributed by atoms with Crippen LogP contribution in [0, 0.1) is 27.6 Å². The number of allylic oxidation sites excluding steroid dienone is 10. The third-order valence-electron chi connectivity index (χ3n) is 15.3. The number of halogens is 4. The quantitative estimate of drug-likeness (QED) is 0.250. The molecule has 0 heterocycles. The molecule has 5 aliphatic carbocycles. The fourth-order valence-corrected chi connectivity index (χ4v) is 23.9. The van der Waals surface area contributed by atoms with Gasteiger partial charge in [-0.15, -0.1) is 0 Å². The maximum absolute atomic E-state index is 3.92. The van der Waals surface area contributed by atoms with Crippen molar-refractivity contribution in [2.24, 2.45) is 27.6 Å². The zero-order valence-corrected chi connectivity index (χ0v) is 38.8. The summed E-state index contributed by atoms with van der Waals surface area (Å²) in [5, 5.41) is 0. The molecular formula is C47H50Br2Cl2Zr. The molecule has 3 unspecified atom stereocenters. The maximum atomic E-state index is 3.92. The van der Waals surface area contributed by atoms with Crippen LogP contribution < -0.4 is 24.8 Å². The van der Waals surface area contributed by atoms with Crippen molar-refractivity contribution < 1.29 is 46.1 Å². The van der Waals surface area contributed by atoms with Crippen LogP contribution >= 0.6 is 31.9 Å². The number of hydrogen-bond donors (Lipinski definition) is 0. The molecule has 1 fully saturated rings.